The number of benzene rings is 1. The molecule has 1 rings (SSSR count). The number of thioether (sulfide) groups is 1. The van der Waals surface area contributed by atoms with Crippen molar-refractivity contribution in [2.75, 3.05) is 25.2 Å². The number of methoxy groups -OCH3 is 1. The third-order valence-corrected chi connectivity index (χ3v) is 2.71. The molecule has 1 aromatic rings. The second-order valence-electron chi connectivity index (χ2n) is 2.74. The molecule has 2 N–H and O–H groups in total. The molecule has 1 aromatic carbocycles. The first-order chi connectivity index (χ1) is 6.34. The lowest BCUT2D eigenvalue weighted by Gasteiger charge is -2.04. The van der Waals surface area contributed by atoms with Gasteiger partial charge in [-0.1, -0.05) is 18.2 Å². The Labute approximate surface area is 83.5 Å². The standard InChI is InChI=1S/C10H15NOS/c1-12-6-7-13-8-9-4-2-3-5-10(9)11/h2-5H,6-8,11H2,1H3. The molecule has 0 aliphatic heterocycles. The van der Waals surface area contributed by atoms with Gasteiger partial charge in [-0.05, 0) is 11.6 Å². The van der Waals surface area contributed by atoms with Crippen LogP contribution in [0.5, 0.6) is 0 Å². The summed E-state index contributed by atoms with van der Waals surface area (Å²) < 4.78 is 4.96. The molecular weight excluding hydrogens is 182 g/mol. The van der Waals surface area contributed by atoms with Gasteiger partial charge in [0.05, 0.1) is 6.61 Å². The van der Waals surface area contributed by atoms with E-state index in [0.717, 1.165) is 23.8 Å². The molecule has 0 saturated carbocycles. The van der Waals surface area contributed by atoms with E-state index in [4.69, 9.17) is 10.5 Å². The molecule has 2 nitrogen and oxygen atoms in total. The van der Waals surface area contributed by atoms with Gasteiger partial charge in [0.2, 0.25) is 0 Å². The maximum absolute atomic E-state index is 5.79. The third-order valence-electron chi connectivity index (χ3n) is 1.74. The summed E-state index contributed by atoms with van der Waals surface area (Å²) >= 11 is 1.84. The molecule has 72 valence electrons. The predicted molar refractivity (Wildman–Crippen MR) is 58.9 cm³/mol. The lowest BCUT2D eigenvalue weighted by atomic mass is 10.2. The van der Waals surface area contributed by atoms with E-state index >= 15 is 0 Å². The van der Waals surface area contributed by atoms with E-state index in [1.165, 1.54) is 5.56 Å². The largest absolute Gasteiger partial charge is 0.398 e. The first-order valence-electron chi connectivity index (χ1n) is 4.24. The summed E-state index contributed by atoms with van der Waals surface area (Å²) in [5, 5.41) is 0. The molecule has 0 fully saturated rings. The van der Waals surface area contributed by atoms with Crippen molar-refractivity contribution in [1.29, 1.82) is 0 Å². The van der Waals surface area contributed by atoms with E-state index in [0.29, 0.717) is 0 Å². The number of hydrogen-bond donors (Lipinski definition) is 1. The van der Waals surface area contributed by atoms with Crippen molar-refractivity contribution in [2.24, 2.45) is 0 Å². The van der Waals surface area contributed by atoms with Gasteiger partial charge in [0.1, 0.15) is 0 Å². The predicted octanol–water partition coefficient (Wildman–Crippen LogP) is 2.15. The van der Waals surface area contributed by atoms with E-state index in [1.54, 1.807) is 7.11 Å². The quantitative estimate of drug-likeness (QED) is 0.580. The average molecular weight is 197 g/mol. The third kappa shape index (κ3) is 3.70. The van der Waals surface area contributed by atoms with Crippen LogP contribution in [-0.4, -0.2) is 19.5 Å². The molecule has 0 atom stereocenters. The highest BCUT2D eigenvalue weighted by molar-refractivity contribution is 7.98. The van der Waals surface area contributed by atoms with Gasteiger partial charge in [0.25, 0.3) is 0 Å². The fourth-order valence-corrected chi connectivity index (χ4v) is 1.90. The summed E-state index contributed by atoms with van der Waals surface area (Å²) in [4.78, 5) is 0. The zero-order valence-electron chi connectivity index (χ0n) is 7.82. The number of para-hydroxylation sites is 1. The van der Waals surface area contributed by atoms with E-state index in [2.05, 4.69) is 6.07 Å². The minimum absolute atomic E-state index is 0.803. The Morgan fingerprint density at radius 2 is 2.15 bits per heavy atom. The van der Waals surface area contributed by atoms with Crippen LogP contribution in [0.15, 0.2) is 24.3 Å². The molecule has 0 heterocycles. The summed E-state index contributed by atoms with van der Waals surface area (Å²) in [6.07, 6.45) is 0. The number of ether oxygens (including phenoxy) is 1. The number of nitrogen functional groups attached to an aromatic ring is 1. The fourth-order valence-electron chi connectivity index (χ4n) is 0.990. The highest BCUT2D eigenvalue weighted by Gasteiger charge is 1.96. The van der Waals surface area contributed by atoms with Crippen molar-refractivity contribution in [3.8, 4) is 0 Å². The zero-order chi connectivity index (χ0) is 9.52. The van der Waals surface area contributed by atoms with Gasteiger partial charge in [-0.2, -0.15) is 11.8 Å². The van der Waals surface area contributed by atoms with Crippen molar-refractivity contribution >= 4 is 17.4 Å². The number of anilines is 1. The first kappa shape index (κ1) is 10.4. The number of hydrogen-bond acceptors (Lipinski definition) is 3. The molecule has 0 amide bonds. The Kier molecular flexibility index (Phi) is 4.72. The topological polar surface area (TPSA) is 35.2 Å². The maximum Gasteiger partial charge on any atom is 0.0553 e. The molecule has 0 bridgehead atoms. The molecule has 13 heavy (non-hydrogen) atoms. The smallest absolute Gasteiger partial charge is 0.0553 e. The monoisotopic (exact) mass is 197 g/mol. The van der Waals surface area contributed by atoms with Crippen molar-refractivity contribution in [2.45, 2.75) is 5.75 Å². The van der Waals surface area contributed by atoms with Crippen molar-refractivity contribution in [3.05, 3.63) is 29.8 Å². The van der Waals surface area contributed by atoms with Crippen LogP contribution in [0.1, 0.15) is 5.56 Å². The van der Waals surface area contributed by atoms with Gasteiger partial charge < -0.3 is 10.5 Å². The van der Waals surface area contributed by atoms with Crippen LogP contribution in [-0.2, 0) is 10.5 Å². The van der Waals surface area contributed by atoms with Gasteiger partial charge >= 0.3 is 0 Å². The molecular formula is C10H15NOS. The molecule has 0 radical (unpaired) electrons. The maximum atomic E-state index is 5.79. The normalized spacial score (nSPS) is 10.2. The second-order valence-corrected chi connectivity index (χ2v) is 3.85. The summed E-state index contributed by atoms with van der Waals surface area (Å²) in [6.45, 7) is 0.803. The summed E-state index contributed by atoms with van der Waals surface area (Å²) in [7, 11) is 1.72. The SMILES string of the molecule is COCCSCc1ccccc1N. The Hall–Kier alpha value is -0.670. The Balaban J connectivity index is 2.32. The van der Waals surface area contributed by atoms with Gasteiger partial charge in [0, 0.05) is 24.3 Å². The van der Waals surface area contributed by atoms with Crippen LogP contribution in [0.2, 0.25) is 0 Å². The Morgan fingerprint density at radius 3 is 2.85 bits per heavy atom. The minimum atomic E-state index is 0.803. The van der Waals surface area contributed by atoms with E-state index in [9.17, 15) is 0 Å². The van der Waals surface area contributed by atoms with Crippen LogP contribution >= 0.6 is 11.8 Å². The van der Waals surface area contributed by atoms with Gasteiger partial charge in [0.15, 0.2) is 0 Å². The second kappa shape index (κ2) is 5.89. The molecule has 3 heteroatoms. The number of rotatable bonds is 5. The van der Waals surface area contributed by atoms with Crippen LogP contribution in [0.25, 0.3) is 0 Å². The van der Waals surface area contributed by atoms with Crippen molar-refractivity contribution < 1.29 is 4.74 Å². The Morgan fingerprint density at radius 1 is 1.38 bits per heavy atom. The van der Waals surface area contributed by atoms with E-state index in [1.807, 2.05) is 30.0 Å². The fraction of sp³-hybridized carbons (Fsp3) is 0.400. The highest BCUT2D eigenvalue weighted by Crippen LogP contribution is 2.17. The summed E-state index contributed by atoms with van der Waals surface area (Å²) in [5.74, 6) is 1.99. The molecule has 0 aromatic heterocycles. The van der Waals surface area contributed by atoms with Gasteiger partial charge in [-0.25, -0.2) is 0 Å². The lowest BCUT2D eigenvalue weighted by molar-refractivity contribution is 0.218. The average Bonchev–Trinajstić information content (AvgIpc) is 2.15. The molecule has 0 saturated heterocycles. The molecule has 0 unspecified atom stereocenters. The minimum Gasteiger partial charge on any atom is -0.398 e. The van der Waals surface area contributed by atoms with Crippen LogP contribution in [0, 0.1) is 0 Å². The van der Waals surface area contributed by atoms with E-state index < -0.39 is 0 Å². The van der Waals surface area contributed by atoms with Crippen molar-refractivity contribution in [3.63, 3.8) is 0 Å². The van der Waals surface area contributed by atoms with Gasteiger partial charge in [-0.3, -0.25) is 0 Å². The number of nitrogens with two attached hydrogens (primary N) is 1. The lowest BCUT2D eigenvalue weighted by Crippen LogP contribution is -1.95. The van der Waals surface area contributed by atoms with Crippen LogP contribution < -0.4 is 5.73 Å². The molecule has 0 spiro atoms. The van der Waals surface area contributed by atoms with Gasteiger partial charge in [-0.15, -0.1) is 0 Å². The van der Waals surface area contributed by atoms with Crippen LogP contribution in [0.4, 0.5) is 5.69 Å². The Bertz CT molecular complexity index is 252. The van der Waals surface area contributed by atoms with Crippen molar-refractivity contribution in [1.82, 2.24) is 0 Å². The summed E-state index contributed by atoms with van der Waals surface area (Å²) in [5.41, 5.74) is 7.88. The molecule has 0 aliphatic carbocycles. The first-order valence-corrected chi connectivity index (χ1v) is 5.40. The highest BCUT2D eigenvalue weighted by atomic mass is 32.2. The van der Waals surface area contributed by atoms with E-state index in [-0.39, 0.29) is 0 Å². The molecule has 0 aliphatic rings. The zero-order valence-corrected chi connectivity index (χ0v) is 8.64. The summed E-state index contributed by atoms with van der Waals surface area (Å²) in [6, 6.07) is 7.97. The van der Waals surface area contributed by atoms with Crippen LogP contribution in [0.3, 0.4) is 0 Å².